The number of esters is 1. The summed E-state index contributed by atoms with van der Waals surface area (Å²) >= 11 is 11.7. The Morgan fingerprint density at radius 1 is 1.13 bits per heavy atom. The fourth-order valence-corrected chi connectivity index (χ4v) is 3.11. The highest BCUT2D eigenvalue weighted by atomic mass is 35.5. The van der Waals surface area contributed by atoms with E-state index in [-0.39, 0.29) is 32.5 Å². The summed E-state index contributed by atoms with van der Waals surface area (Å²) in [6, 6.07) is 7.67. The number of imide groups is 1. The SMILES string of the molecule is CC(OC(=O)CN1C(=O)c2cc(Cl)c(Cl)cc2C1=O)C(=O)Nc1cccc([N+](=O)[O-])c1. The Labute approximate surface area is 184 Å². The van der Waals surface area contributed by atoms with E-state index in [1.54, 1.807) is 0 Å². The standard InChI is InChI=1S/C19H13Cl2N3O7/c1-9(17(26)22-10-3-2-4-11(5-10)24(29)30)31-16(25)8-23-18(27)12-6-14(20)15(21)7-13(12)19(23)28/h2-7,9H,8H2,1H3,(H,22,26). The van der Waals surface area contributed by atoms with Gasteiger partial charge >= 0.3 is 5.97 Å². The molecule has 0 spiro atoms. The summed E-state index contributed by atoms with van der Waals surface area (Å²) in [6.07, 6.45) is -1.30. The maximum Gasteiger partial charge on any atom is 0.326 e. The van der Waals surface area contributed by atoms with Gasteiger partial charge in [-0.25, -0.2) is 0 Å². The van der Waals surface area contributed by atoms with Gasteiger partial charge in [-0.2, -0.15) is 0 Å². The van der Waals surface area contributed by atoms with E-state index in [2.05, 4.69) is 5.32 Å². The van der Waals surface area contributed by atoms with Gasteiger partial charge in [0.25, 0.3) is 23.4 Å². The average Bonchev–Trinajstić information content (AvgIpc) is 2.93. The van der Waals surface area contributed by atoms with E-state index in [0.29, 0.717) is 4.90 Å². The normalized spacial score (nSPS) is 13.6. The van der Waals surface area contributed by atoms with Crippen molar-refractivity contribution in [3.63, 3.8) is 0 Å². The number of carbonyl (C=O) groups is 4. The first-order chi connectivity index (χ1) is 14.6. The van der Waals surface area contributed by atoms with Crippen LogP contribution in [0.15, 0.2) is 36.4 Å². The Morgan fingerprint density at radius 3 is 2.26 bits per heavy atom. The topological polar surface area (TPSA) is 136 Å². The van der Waals surface area contributed by atoms with E-state index in [1.807, 2.05) is 0 Å². The Balaban J connectivity index is 1.62. The Hall–Kier alpha value is -3.50. The van der Waals surface area contributed by atoms with Crippen molar-refractivity contribution in [1.82, 2.24) is 4.90 Å². The predicted octanol–water partition coefficient (Wildman–Crippen LogP) is 3.07. The fraction of sp³-hybridized carbons (Fsp3) is 0.158. The molecule has 0 fully saturated rings. The second kappa shape index (κ2) is 8.70. The summed E-state index contributed by atoms with van der Waals surface area (Å²) in [7, 11) is 0. The molecule has 12 heteroatoms. The van der Waals surface area contributed by atoms with E-state index >= 15 is 0 Å². The Bertz CT molecular complexity index is 1090. The van der Waals surface area contributed by atoms with Gasteiger partial charge in [-0.3, -0.25) is 34.2 Å². The van der Waals surface area contributed by atoms with Gasteiger partial charge in [0.2, 0.25) is 0 Å². The predicted molar refractivity (Wildman–Crippen MR) is 109 cm³/mol. The number of nitrogens with zero attached hydrogens (tertiary/aromatic N) is 2. The molecule has 1 atom stereocenters. The van der Waals surface area contributed by atoms with Gasteiger partial charge in [0, 0.05) is 17.8 Å². The number of non-ortho nitro benzene ring substituents is 1. The van der Waals surface area contributed by atoms with Gasteiger partial charge in [0.05, 0.1) is 26.1 Å². The molecule has 1 aliphatic rings. The van der Waals surface area contributed by atoms with Crippen molar-refractivity contribution < 1.29 is 28.8 Å². The van der Waals surface area contributed by atoms with E-state index in [9.17, 15) is 29.3 Å². The largest absolute Gasteiger partial charge is 0.451 e. The molecule has 1 unspecified atom stereocenters. The number of amides is 3. The van der Waals surface area contributed by atoms with Crippen LogP contribution in [0.25, 0.3) is 0 Å². The highest BCUT2D eigenvalue weighted by molar-refractivity contribution is 6.43. The molecule has 31 heavy (non-hydrogen) atoms. The summed E-state index contributed by atoms with van der Waals surface area (Å²) in [6.45, 7) is 0.544. The number of ether oxygens (including phenoxy) is 1. The molecule has 0 bridgehead atoms. The van der Waals surface area contributed by atoms with Gasteiger partial charge in [-0.1, -0.05) is 29.3 Å². The third-order valence-electron chi connectivity index (χ3n) is 4.30. The molecule has 0 aliphatic carbocycles. The third-order valence-corrected chi connectivity index (χ3v) is 5.02. The fourth-order valence-electron chi connectivity index (χ4n) is 2.79. The number of rotatable bonds is 6. The van der Waals surface area contributed by atoms with Crippen LogP contribution in [0.5, 0.6) is 0 Å². The first-order valence-corrected chi connectivity index (χ1v) is 9.44. The zero-order valence-electron chi connectivity index (χ0n) is 15.8. The number of nitrogens with one attached hydrogen (secondary N) is 1. The van der Waals surface area contributed by atoms with Crippen LogP contribution in [-0.4, -0.2) is 46.2 Å². The molecule has 3 amide bonds. The van der Waals surface area contributed by atoms with E-state index < -0.39 is 41.3 Å². The van der Waals surface area contributed by atoms with Crippen LogP contribution >= 0.6 is 23.2 Å². The summed E-state index contributed by atoms with van der Waals surface area (Å²) in [5, 5.41) is 13.3. The number of nitro benzene ring substituents is 1. The van der Waals surface area contributed by atoms with Crippen LogP contribution in [-0.2, 0) is 14.3 Å². The molecule has 2 aromatic carbocycles. The minimum atomic E-state index is -1.30. The Kier molecular flexibility index (Phi) is 6.23. The number of hydrogen-bond acceptors (Lipinski definition) is 7. The summed E-state index contributed by atoms with van der Waals surface area (Å²) in [5.74, 6) is -3.25. The van der Waals surface area contributed by atoms with E-state index in [4.69, 9.17) is 27.9 Å². The van der Waals surface area contributed by atoms with Gasteiger partial charge in [0.15, 0.2) is 6.10 Å². The second-order valence-electron chi connectivity index (χ2n) is 6.44. The lowest BCUT2D eigenvalue weighted by Gasteiger charge is -2.16. The summed E-state index contributed by atoms with van der Waals surface area (Å²) < 4.78 is 4.98. The maximum absolute atomic E-state index is 12.4. The lowest BCUT2D eigenvalue weighted by molar-refractivity contribution is -0.384. The first-order valence-electron chi connectivity index (χ1n) is 8.68. The molecule has 0 radical (unpaired) electrons. The van der Waals surface area contributed by atoms with Crippen molar-refractivity contribution >= 4 is 58.3 Å². The number of carbonyl (C=O) groups excluding carboxylic acids is 4. The molecule has 2 aromatic rings. The van der Waals surface area contributed by atoms with Gasteiger partial charge in [-0.15, -0.1) is 0 Å². The van der Waals surface area contributed by atoms with Crippen LogP contribution < -0.4 is 5.32 Å². The van der Waals surface area contributed by atoms with Crippen LogP contribution in [0.4, 0.5) is 11.4 Å². The zero-order valence-corrected chi connectivity index (χ0v) is 17.3. The highest BCUT2D eigenvalue weighted by Gasteiger charge is 2.38. The molecule has 1 aliphatic heterocycles. The van der Waals surface area contributed by atoms with Crippen molar-refractivity contribution in [2.75, 3.05) is 11.9 Å². The monoisotopic (exact) mass is 465 g/mol. The third kappa shape index (κ3) is 4.65. The highest BCUT2D eigenvalue weighted by Crippen LogP contribution is 2.31. The van der Waals surface area contributed by atoms with Crippen LogP contribution in [0.2, 0.25) is 10.0 Å². The summed E-state index contributed by atoms with van der Waals surface area (Å²) in [5.41, 5.74) is -0.0863. The van der Waals surface area contributed by atoms with Gasteiger partial charge in [0.1, 0.15) is 6.54 Å². The first kappa shape index (κ1) is 22.2. The van der Waals surface area contributed by atoms with Crippen LogP contribution in [0.3, 0.4) is 0 Å². The zero-order chi connectivity index (χ0) is 22.9. The minimum Gasteiger partial charge on any atom is -0.451 e. The smallest absolute Gasteiger partial charge is 0.326 e. The lowest BCUT2D eigenvalue weighted by Crippen LogP contribution is -2.38. The minimum absolute atomic E-state index is 0.00339. The van der Waals surface area contributed by atoms with Crippen molar-refractivity contribution in [3.05, 3.63) is 67.7 Å². The number of anilines is 1. The maximum atomic E-state index is 12.4. The molecule has 160 valence electrons. The van der Waals surface area contributed by atoms with Crippen LogP contribution in [0, 0.1) is 10.1 Å². The number of halogens is 2. The lowest BCUT2D eigenvalue weighted by atomic mass is 10.1. The number of fused-ring (bicyclic) bond motifs is 1. The van der Waals surface area contributed by atoms with Crippen molar-refractivity contribution in [2.45, 2.75) is 13.0 Å². The Morgan fingerprint density at radius 2 is 1.71 bits per heavy atom. The molecule has 10 nitrogen and oxygen atoms in total. The molecule has 1 heterocycles. The second-order valence-corrected chi connectivity index (χ2v) is 7.25. The molecule has 0 saturated carbocycles. The molecule has 3 rings (SSSR count). The van der Waals surface area contributed by atoms with E-state index in [0.717, 1.165) is 6.07 Å². The molecule has 0 aromatic heterocycles. The quantitative estimate of drug-likeness (QED) is 0.299. The van der Waals surface area contributed by atoms with Crippen molar-refractivity contribution in [1.29, 1.82) is 0 Å². The molecule has 1 N–H and O–H groups in total. The number of nitro groups is 1. The van der Waals surface area contributed by atoms with Crippen molar-refractivity contribution in [3.8, 4) is 0 Å². The van der Waals surface area contributed by atoms with Gasteiger partial charge < -0.3 is 10.1 Å². The van der Waals surface area contributed by atoms with Crippen molar-refractivity contribution in [2.24, 2.45) is 0 Å². The van der Waals surface area contributed by atoms with Gasteiger partial charge in [-0.05, 0) is 25.1 Å². The van der Waals surface area contributed by atoms with Crippen LogP contribution in [0.1, 0.15) is 27.6 Å². The van der Waals surface area contributed by atoms with E-state index in [1.165, 1.54) is 37.3 Å². The number of hydrogen-bond donors (Lipinski definition) is 1. The average molecular weight is 466 g/mol. The molecular weight excluding hydrogens is 453 g/mol. The summed E-state index contributed by atoms with van der Waals surface area (Å²) in [4.78, 5) is 60.1. The molecule has 0 saturated heterocycles. The molecular formula is C19H13Cl2N3O7. The number of benzene rings is 2.